The molecule has 2 aliphatic heterocycles. The second kappa shape index (κ2) is 6.89. The molecule has 0 radical (unpaired) electrons. The molecule has 0 aliphatic carbocycles. The largest absolute Gasteiger partial charge is 0.380 e. The Hall–Kier alpha value is -0.950. The third-order valence-electron chi connectivity index (χ3n) is 5.02. The topological polar surface area (TPSA) is 49.9 Å². The zero-order chi connectivity index (χ0) is 16.4. The molecule has 3 rings (SSSR count). The Morgan fingerprint density at radius 1 is 1.17 bits per heavy atom. The summed E-state index contributed by atoms with van der Waals surface area (Å²) in [6, 6.07) is 10.0. The molecule has 0 spiro atoms. The number of hydrogen-bond donors (Lipinski definition) is 0. The van der Waals surface area contributed by atoms with E-state index < -0.39 is 10.0 Å². The van der Waals surface area contributed by atoms with Crippen LogP contribution in [0, 0.1) is 11.8 Å². The fourth-order valence-electron chi connectivity index (χ4n) is 4.02. The zero-order valence-electron chi connectivity index (χ0n) is 13.9. The van der Waals surface area contributed by atoms with Crippen molar-refractivity contribution in [3.63, 3.8) is 0 Å². The third kappa shape index (κ3) is 3.60. The van der Waals surface area contributed by atoms with Crippen LogP contribution >= 0.6 is 0 Å². The van der Waals surface area contributed by atoms with Crippen LogP contribution in [0.3, 0.4) is 0 Å². The van der Waals surface area contributed by atoms with Crippen molar-refractivity contribution in [1.29, 1.82) is 0 Å². The standard InChI is InChI=1S/C17H26N2O3S/c1-3-22-10-9-18-11-15-12-19(23(2,20)21)17(16(15)13-18)14-7-5-4-6-8-14/h4-8,15-17H,3,9-13H2,1-2H3/t15-,16-,17+/m1/s1. The minimum Gasteiger partial charge on any atom is -0.380 e. The van der Waals surface area contributed by atoms with Gasteiger partial charge in [0.05, 0.1) is 18.9 Å². The average Bonchev–Trinajstić information content (AvgIpc) is 3.05. The molecule has 2 fully saturated rings. The molecule has 1 aromatic rings. The van der Waals surface area contributed by atoms with E-state index in [9.17, 15) is 8.42 Å². The molecule has 0 saturated carbocycles. The summed E-state index contributed by atoms with van der Waals surface area (Å²) >= 11 is 0. The molecular weight excluding hydrogens is 312 g/mol. The van der Waals surface area contributed by atoms with Gasteiger partial charge in [0.25, 0.3) is 0 Å². The highest BCUT2D eigenvalue weighted by Crippen LogP contribution is 2.45. The lowest BCUT2D eigenvalue weighted by atomic mass is 9.90. The summed E-state index contributed by atoms with van der Waals surface area (Å²) in [7, 11) is -3.19. The van der Waals surface area contributed by atoms with Crippen molar-refractivity contribution < 1.29 is 13.2 Å². The SMILES string of the molecule is CCOCCN1C[C@@H]2CN(S(C)(=O)=O)[C@@H](c3ccccc3)[C@@H]2C1. The number of sulfonamides is 1. The van der Waals surface area contributed by atoms with Gasteiger partial charge in [-0.15, -0.1) is 0 Å². The Morgan fingerprint density at radius 3 is 2.57 bits per heavy atom. The summed E-state index contributed by atoms with van der Waals surface area (Å²) in [6.45, 7) is 6.98. The summed E-state index contributed by atoms with van der Waals surface area (Å²) in [5.41, 5.74) is 1.11. The molecule has 3 atom stereocenters. The van der Waals surface area contributed by atoms with Crippen molar-refractivity contribution in [1.82, 2.24) is 9.21 Å². The van der Waals surface area contributed by atoms with E-state index >= 15 is 0 Å². The van der Waals surface area contributed by atoms with Crippen molar-refractivity contribution in [3.8, 4) is 0 Å². The normalized spacial score (nSPS) is 29.0. The predicted molar refractivity (Wildman–Crippen MR) is 90.6 cm³/mol. The van der Waals surface area contributed by atoms with Crippen molar-refractivity contribution in [3.05, 3.63) is 35.9 Å². The van der Waals surface area contributed by atoms with Gasteiger partial charge in [-0.25, -0.2) is 8.42 Å². The third-order valence-corrected chi connectivity index (χ3v) is 6.25. The van der Waals surface area contributed by atoms with Crippen LogP contribution < -0.4 is 0 Å². The summed E-state index contributed by atoms with van der Waals surface area (Å²) in [6.07, 6.45) is 1.33. The first-order valence-electron chi connectivity index (χ1n) is 8.32. The Bertz CT molecular complexity index is 620. The lowest BCUT2D eigenvalue weighted by molar-refractivity contribution is 0.117. The van der Waals surface area contributed by atoms with E-state index in [1.165, 1.54) is 6.26 Å². The summed E-state index contributed by atoms with van der Waals surface area (Å²) in [4.78, 5) is 2.42. The highest BCUT2D eigenvalue weighted by molar-refractivity contribution is 7.88. The number of rotatable bonds is 6. The van der Waals surface area contributed by atoms with E-state index in [0.29, 0.717) is 18.4 Å². The van der Waals surface area contributed by atoms with E-state index in [-0.39, 0.29) is 6.04 Å². The van der Waals surface area contributed by atoms with Gasteiger partial charge in [0.1, 0.15) is 0 Å². The van der Waals surface area contributed by atoms with E-state index in [1.54, 1.807) is 4.31 Å². The maximum Gasteiger partial charge on any atom is 0.211 e. The van der Waals surface area contributed by atoms with Gasteiger partial charge < -0.3 is 9.64 Å². The molecule has 2 heterocycles. The van der Waals surface area contributed by atoms with Gasteiger partial charge in [-0.2, -0.15) is 4.31 Å². The fourth-order valence-corrected chi connectivity index (χ4v) is 5.18. The molecule has 0 amide bonds. The second-order valence-corrected chi connectivity index (χ2v) is 8.50. The quantitative estimate of drug-likeness (QED) is 0.739. The van der Waals surface area contributed by atoms with Crippen LogP contribution in [-0.2, 0) is 14.8 Å². The number of likely N-dealkylation sites (tertiary alicyclic amines) is 1. The van der Waals surface area contributed by atoms with Crippen LogP contribution in [0.25, 0.3) is 0 Å². The van der Waals surface area contributed by atoms with Crippen LogP contribution in [0.5, 0.6) is 0 Å². The molecule has 1 aromatic carbocycles. The van der Waals surface area contributed by atoms with E-state index in [1.807, 2.05) is 37.3 Å². The van der Waals surface area contributed by atoms with Crippen molar-refractivity contribution in [2.24, 2.45) is 11.8 Å². The van der Waals surface area contributed by atoms with Crippen molar-refractivity contribution >= 4 is 10.0 Å². The maximum atomic E-state index is 12.2. The molecular formula is C17H26N2O3S. The highest BCUT2D eigenvalue weighted by atomic mass is 32.2. The van der Waals surface area contributed by atoms with Gasteiger partial charge in [0, 0.05) is 32.8 Å². The Labute approximate surface area is 139 Å². The minimum absolute atomic E-state index is 0.0340. The molecule has 0 N–H and O–H groups in total. The van der Waals surface area contributed by atoms with Gasteiger partial charge in [-0.1, -0.05) is 30.3 Å². The molecule has 2 saturated heterocycles. The van der Waals surface area contributed by atoms with Crippen LogP contribution in [0.15, 0.2) is 30.3 Å². The first kappa shape index (κ1) is 16.9. The van der Waals surface area contributed by atoms with Crippen molar-refractivity contribution in [2.45, 2.75) is 13.0 Å². The fraction of sp³-hybridized carbons (Fsp3) is 0.647. The molecule has 5 nitrogen and oxygen atoms in total. The van der Waals surface area contributed by atoms with Gasteiger partial charge in [0.2, 0.25) is 10.0 Å². The zero-order valence-corrected chi connectivity index (χ0v) is 14.7. The lowest BCUT2D eigenvalue weighted by Crippen LogP contribution is -2.35. The van der Waals surface area contributed by atoms with Gasteiger partial charge in [-0.3, -0.25) is 0 Å². The van der Waals surface area contributed by atoms with Gasteiger partial charge in [0.15, 0.2) is 0 Å². The summed E-state index contributed by atoms with van der Waals surface area (Å²) < 4.78 is 31.6. The minimum atomic E-state index is -3.19. The highest BCUT2D eigenvalue weighted by Gasteiger charge is 2.50. The molecule has 6 heteroatoms. The van der Waals surface area contributed by atoms with Crippen LogP contribution in [-0.4, -0.2) is 63.3 Å². The summed E-state index contributed by atoms with van der Waals surface area (Å²) in [5, 5.41) is 0. The smallest absolute Gasteiger partial charge is 0.211 e. The van der Waals surface area contributed by atoms with E-state index in [0.717, 1.165) is 38.4 Å². The van der Waals surface area contributed by atoms with E-state index in [2.05, 4.69) is 4.90 Å². The number of ether oxygens (including phenoxy) is 1. The predicted octanol–water partition coefficient (Wildman–Crippen LogP) is 1.59. The number of fused-ring (bicyclic) bond motifs is 1. The summed E-state index contributed by atoms with van der Waals surface area (Å²) in [5.74, 6) is 0.783. The van der Waals surface area contributed by atoms with Crippen LogP contribution in [0.1, 0.15) is 18.5 Å². The molecule has 128 valence electrons. The Kier molecular flexibility index (Phi) is 5.06. The number of benzene rings is 1. The first-order valence-corrected chi connectivity index (χ1v) is 10.2. The molecule has 0 bridgehead atoms. The van der Waals surface area contributed by atoms with Crippen molar-refractivity contribution in [2.75, 3.05) is 45.6 Å². The molecule has 0 aromatic heterocycles. The first-order chi connectivity index (χ1) is 11.0. The molecule has 0 unspecified atom stereocenters. The van der Waals surface area contributed by atoms with E-state index in [4.69, 9.17) is 4.74 Å². The maximum absolute atomic E-state index is 12.2. The van der Waals surface area contributed by atoms with Gasteiger partial charge >= 0.3 is 0 Å². The lowest BCUT2D eigenvalue weighted by Gasteiger charge is -2.28. The van der Waals surface area contributed by atoms with Crippen LogP contribution in [0.4, 0.5) is 0 Å². The Morgan fingerprint density at radius 2 is 1.91 bits per heavy atom. The molecule has 23 heavy (non-hydrogen) atoms. The molecule has 2 aliphatic rings. The van der Waals surface area contributed by atoms with Crippen LogP contribution in [0.2, 0.25) is 0 Å². The second-order valence-electron chi connectivity index (χ2n) is 6.57. The monoisotopic (exact) mass is 338 g/mol. The average molecular weight is 338 g/mol. The number of nitrogens with zero attached hydrogens (tertiary/aromatic N) is 2. The number of hydrogen-bond acceptors (Lipinski definition) is 4. The van der Waals surface area contributed by atoms with Gasteiger partial charge in [-0.05, 0) is 24.3 Å². The Balaban J connectivity index is 1.79.